The first-order valence-electron chi connectivity index (χ1n) is 8.85. The molecule has 0 unspecified atom stereocenters. The van der Waals surface area contributed by atoms with Crippen molar-refractivity contribution in [2.75, 3.05) is 7.11 Å². The number of amides is 1. The molecule has 0 aliphatic heterocycles. The largest absolute Gasteiger partial charge is 0.493 e. The third kappa shape index (κ3) is 5.67. The number of ether oxygens (including phenoxy) is 2. The van der Waals surface area contributed by atoms with Crippen molar-refractivity contribution in [2.24, 2.45) is 5.10 Å². The van der Waals surface area contributed by atoms with E-state index in [1.807, 2.05) is 79.1 Å². The number of benzene rings is 2. The lowest BCUT2D eigenvalue weighted by molar-refractivity contribution is -0.684. The Hall–Kier alpha value is -3.67. The van der Waals surface area contributed by atoms with Crippen molar-refractivity contribution in [3.05, 3.63) is 90.3 Å². The number of carbonyl (C=O) groups is 1. The summed E-state index contributed by atoms with van der Waals surface area (Å²) >= 11 is 0. The van der Waals surface area contributed by atoms with Crippen molar-refractivity contribution in [3.63, 3.8) is 0 Å². The van der Waals surface area contributed by atoms with Crippen LogP contribution in [0.25, 0.3) is 0 Å². The van der Waals surface area contributed by atoms with Crippen LogP contribution in [0.5, 0.6) is 11.5 Å². The van der Waals surface area contributed by atoms with Crippen molar-refractivity contribution >= 4 is 12.1 Å². The number of hydrazone groups is 1. The topological polar surface area (TPSA) is 63.8 Å². The van der Waals surface area contributed by atoms with Crippen LogP contribution in [0.1, 0.15) is 11.1 Å². The molecule has 0 saturated heterocycles. The Morgan fingerprint density at radius 2 is 1.79 bits per heavy atom. The summed E-state index contributed by atoms with van der Waals surface area (Å²) in [6.45, 7) is 0.658. The summed E-state index contributed by atoms with van der Waals surface area (Å²) in [5, 5.41) is 4.00. The molecule has 1 aromatic heterocycles. The average molecular weight is 376 g/mol. The van der Waals surface area contributed by atoms with Gasteiger partial charge in [0, 0.05) is 12.1 Å². The van der Waals surface area contributed by atoms with Gasteiger partial charge >= 0.3 is 5.91 Å². The van der Waals surface area contributed by atoms with Gasteiger partial charge in [-0.15, -0.1) is 0 Å². The van der Waals surface area contributed by atoms with Crippen molar-refractivity contribution in [1.29, 1.82) is 0 Å². The van der Waals surface area contributed by atoms with Crippen LogP contribution in [0.4, 0.5) is 0 Å². The molecule has 1 heterocycles. The Kier molecular flexibility index (Phi) is 6.73. The van der Waals surface area contributed by atoms with Crippen LogP contribution >= 0.6 is 0 Å². The minimum atomic E-state index is -0.206. The standard InChI is InChI=1S/C22H21N3O3/c1-27-21-14-19(10-11-20(21)28-17-18-8-4-2-5-9-18)15-23-24-22(26)16-25-12-6-3-7-13-25/h2-15H,16-17H2,1H3/p+1/b23-15+. The summed E-state index contributed by atoms with van der Waals surface area (Å²) in [5.41, 5.74) is 4.38. The van der Waals surface area contributed by atoms with E-state index in [-0.39, 0.29) is 12.5 Å². The normalized spacial score (nSPS) is 10.6. The van der Waals surface area contributed by atoms with Gasteiger partial charge in [-0.05, 0) is 29.3 Å². The van der Waals surface area contributed by atoms with Crippen LogP contribution in [-0.4, -0.2) is 19.2 Å². The lowest BCUT2D eigenvalue weighted by Crippen LogP contribution is -2.40. The van der Waals surface area contributed by atoms with Gasteiger partial charge in [-0.2, -0.15) is 9.67 Å². The second-order valence-corrected chi connectivity index (χ2v) is 6.03. The Bertz CT molecular complexity index is 928. The summed E-state index contributed by atoms with van der Waals surface area (Å²) in [4.78, 5) is 11.9. The van der Waals surface area contributed by atoms with E-state index in [9.17, 15) is 4.79 Å². The maximum atomic E-state index is 11.9. The molecule has 2 aromatic carbocycles. The van der Waals surface area contributed by atoms with Gasteiger partial charge in [0.15, 0.2) is 23.9 Å². The SMILES string of the molecule is COc1cc(/C=N/NC(=O)C[n+]2ccccc2)ccc1OCc1ccccc1. The van der Waals surface area contributed by atoms with Crippen molar-refractivity contribution in [2.45, 2.75) is 13.2 Å². The Labute approximate surface area is 164 Å². The number of hydrogen-bond donors (Lipinski definition) is 1. The summed E-state index contributed by atoms with van der Waals surface area (Å²) in [6, 6.07) is 21.0. The van der Waals surface area contributed by atoms with Crippen LogP contribution in [0, 0.1) is 0 Å². The fourth-order valence-corrected chi connectivity index (χ4v) is 2.54. The number of carbonyl (C=O) groups excluding carboxylic acids is 1. The van der Waals surface area contributed by atoms with Crippen LogP contribution in [0.2, 0.25) is 0 Å². The molecule has 142 valence electrons. The highest BCUT2D eigenvalue weighted by Crippen LogP contribution is 2.28. The van der Waals surface area contributed by atoms with E-state index in [0.29, 0.717) is 18.1 Å². The van der Waals surface area contributed by atoms with Crippen LogP contribution in [0.3, 0.4) is 0 Å². The zero-order valence-electron chi connectivity index (χ0n) is 15.6. The van der Waals surface area contributed by atoms with Gasteiger partial charge in [-0.3, -0.25) is 4.79 Å². The quantitative estimate of drug-likeness (QED) is 0.374. The van der Waals surface area contributed by atoms with E-state index in [1.165, 1.54) is 0 Å². The van der Waals surface area contributed by atoms with E-state index in [2.05, 4.69) is 10.5 Å². The first kappa shape index (κ1) is 19.1. The van der Waals surface area contributed by atoms with E-state index >= 15 is 0 Å². The van der Waals surface area contributed by atoms with E-state index in [4.69, 9.17) is 9.47 Å². The summed E-state index contributed by atoms with van der Waals surface area (Å²) in [7, 11) is 1.59. The maximum absolute atomic E-state index is 11.9. The molecule has 1 N–H and O–H groups in total. The molecule has 0 spiro atoms. The predicted octanol–water partition coefficient (Wildman–Crippen LogP) is 2.71. The van der Waals surface area contributed by atoms with Gasteiger partial charge in [-0.1, -0.05) is 36.4 Å². The van der Waals surface area contributed by atoms with Crippen molar-refractivity contribution in [1.82, 2.24) is 5.43 Å². The summed E-state index contributed by atoms with van der Waals surface area (Å²) in [6.07, 6.45) is 5.21. The monoisotopic (exact) mass is 376 g/mol. The third-order valence-corrected chi connectivity index (χ3v) is 3.93. The van der Waals surface area contributed by atoms with Gasteiger partial charge in [0.1, 0.15) is 6.61 Å². The molecule has 6 nitrogen and oxygen atoms in total. The first-order valence-corrected chi connectivity index (χ1v) is 8.85. The molecule has 6 heteroatoms. The van der Waals surface area contributed by atoms with Gasteiger partial charge in [0.2, 0.25) is 6.54 Å². The van der Waals surface area contributed by atoms with Crippen molar-refractivity contribution < 1.29 is 18.8 Å². The summed E-state index contributed by atoms with van der Waals surface area (Å²) < 4.78 is 13.0. The zero-order valence-corrected chi connectivity index (χ0v) is 15.6. The highest BCUT2D eigenvalue weighted by Gasteiger charge is 2.08. The van der Waals surface area contributed by atoms with Gasteiger partial charge in [0.05, 0.1) is 13.3 Å². The Morgan fingerprint density at radius 3 is 2.54 bits per heavy atom. The van der Waals surface area contributed by atoms with E-state index in [0.717, 1.165) is 11.1 Å². The highest BCUT2D eigenvalue weighted by atomic mass is 16.5. The minimum absolute atomic E-state index is 0.202. The second kappa shape index (κ2) is 9.87. The summed E-state index contributed by atoms with van der Waals surface area (Å²) in [5.74, 6) is 1.04. The Balaban J connectivity index is 1.56. The van der Waals surface area contributed by atoms with Gasteiger partial charge in [0.25, 0.3) is 0 Å². The zero-order chi connectivity index (χ0) is 19.6. The molecule has 0 aliphatic rings. The fraction of sp³-hybridized carbons (Fsp3) is 0.136. The lowest BCUT2D eigenvalue weighted by atomic mass is 10.2. The second-order valence-electron chi connectivity index (χ2n) is 6.03. The van der Waals surface area contributed by atoms with Crippen molar-refractivity contribution in [3.8, 4) is 11.5 Å². The van der Waals surface area contributed by atoms with Crippen LogP contribution < -0.4 is 19.5 Å². The molecule has 0 aliphatic carbocycles. The molecule has 3 aromatic rings. The molecule has 0 saturated carbocycles. The fourth-order valence-electron chi connectivity index (χ4n) is 2.54. The van der Waals surface area contributed by atoms with Crippen LogP contribution in [-0.2, 0) is 17.9 Å². The molecule has 0 radical (unpaired) electrons. The molecule has 1 amide bonds. The number of rotatable bonds is 8. The Morgan fingerprint density at radius 1 is 1.04 bits per heavy atom. The van der Waals surface area contributed by atoms with Gasteiger partial charge < -0.3 is 9.47 Å². The molecule has 0 bridgehead atoms. The number of methoxy groups -OCH3 is 1. The third-order valence-electron chi connectivity index (χ3n) is 3.93. The number of nitrogens with zero attached hydrogens (tertiary/aromatic N) is 2. The molecule has 3 rings (SSSR count). The molecule has 0 fully saturated rings. The molecular formula is C22H22N3O3+. The van der Waals surface area contributed by atoms with Gasteiger partial charge in [-0.25, -0.2) is 5.43 Å². The first-order chi connectivity index (χ1) is 13.7. The molecular weight excluding hydrogens is 354 g/mol. The number of pyridine rings is 1. The predicted molar refractivity (Wildman–Crippen MR) is 106 cm³/mol. The average Bonchev–Trinajstić information content (AvgIpc) is 2.74. The lowest BCUT2D eigenvalue weighted by Gasteiger charge is -2.11. The number of nitrogens with one attached hydrogen (secondary N) is 1. The maximum Gasteiger partial charge on any atom is 0.305 e. The van der Waals surface area contributed by atoms with E-state index < -0.39 is 0 Å². The molecule has 28 heavy (non-hydrogen) atoms. The minimum Gasteiger partial charge on any atom is -0.493 e. The highest BCUT2D eigenvalue weighted by molar-refractivity contribution is 5.82. The number of hydrogen-bond acceptors (Lipinski definition) is 4. The van der Waals surface area contributed by atoms with E-state index in [1.54, 1.807) is 17.9 Å². The molecule has 0 atom stereocenters. The smallest absolute Gasteiger partial charge is 0.305 e. The van der Waals surface area contributed by atoms with Crippen LogP contribution in [0.15, 0.2) is 84.2 Å². The number of aromatic nitrogens is 1.